The van der Waals surface area contributed by atoms with E-state index in [4.69, 9.17) is 4.74 Å². The Hall–Kier alpha value is -3.15. The van der Waals surface area contributed by atoms with E-state index in [9.17, 15) is 14.4 Å². The second-order valence-electron chi connectivity index (χ2n) is 8.11. The summed E-state index contributed by atoms with van der Waals surface area (Å²) in [7, 11) is 0. The molecular formula is C25H22N4O4S3. The van der Waals surface area contributed by atoms with Gasteiger partial charge in [-0.15, -0.1) is 22.0 Å². The molecule has 8 nitrogen and oxygen atoms in total. The fourth-order valence-electron chi connectivity index (χ4n) is 4.11. The molecule has 36 heavy (non-hydrogen) atoms. The summed E-state index contributed by atoms with van der Waals surface area (Å²) < 4.78 is 6.91. The SMILES string of the molecule is Cc1nnc(SCC2=C(C(=O)OC(c3ccccc3)c3ccccc3)N3C(=O)[C@@H](NC=O)[C@H]3SC2)s1. The molecule has 2 aromatic carbocycles. The molecule has 0 bridgehead atoms. The van der Waals surface area contributed by atoms with Crippen LogP contribution in [0.1, 0.15) is 22.2 Å². The highest BCUT2D eigenvalue weighted by molar-refractivity contribution is 8.01. The van der Waals surface area contributed by atoms with Gasteiger partial charge in [0.15, 0.2) is 10.4 Å². The average Bonchev–Trinajstić information content (AvgIpc) is 3.34. The van der Waals surface area contributed by atoms with Crippen molar-refractivity contribution in [2.75, 3.05) is 11.5 Å². The van der Waals surface area contributed by atoms with Crippen LogP contribution in [0.2, 0.25) is 0 Å². The minimum atomic E-state index is -0.658. The predicted octanol–water partition coefficient (Wildman–Crippen LogP) is 3.56. The van der Waals surface area contributed by atoms with Crippen molar-refractivity contribution in [3.05, 3.63) is 88.1 Å². The molecule has 2 aliphatic rings. The number of benzene rings is 2. The van der Waals surface area contributed by atoms with Crippen molar-refractivity contribution in [2.24, 2.45) is 0 Å². The highest BCUT2D eigenvalue weighted by atomic mass is 32.2. The van der Waals surface area contributed by atoms with Crippen molar-refractivity contribution >= 4 is 53.1 Å². The largest absolute Gasteiger partial charge is 0.448 e. The molecule has 3 aromatic rings. The molecule has 0 saturated carbocycles. The van der Waals surface area contributed by atoms with Crippen LogP contribution in [0.3, 0.4) is 0 Å². The van der Waals surface area contributed by atoms with E-state index < -0.39 is 18.1 Å². The van der Waals surface area contributed by atoms with E-state index in [1.807, 2.05) is 67.6 Å². The van der Waals surface area contributed by atoms with Gasteiger partial charge in [-0.3, -0.25) is 14.5 Å². The van der Waals surface area contributed by atoms with E-state index >= 15 is 0 Å². The van der Waals surface area contributed by atoms with Crippen molar-refractivity contribution in [3.8, 4) is 0 Å². The zero-order chi connectivity index (χ0) is 25.1. The Balaban J connectivity index is 1.47. The number of β-lactam (4-membered cyclic amide) rings is 1. The first kappa shape index (κ1) is 24.5. The number of aromatic nitrogens is 2. The molecule has 0 spiro atoms. The second kappa shape index (κ2) is 10.9. The maximum absolute atomic E-state index is 13.8. The van der Waals surface area contributed by atoms with Gasteiger partial charge in [0.05, 0.1) is 0 Å². The summed E-state index contributed by atoms with van der Waals surface area (Å²) in [5.74, 6) is 0.106. The molecule has 184 valence electrons. The summed E-state index contributed by atoms with van der Waals surface area (Å²) in [6.07, 6.45) is -0.118. The number of fused-ring (bicyclic) bond motifs is 1. The summed E-state index contributed by atoms with van der Waals surface area (Å²) >= 11 is 4.47. The first-order chi connectivity index (χ1) is 17.6. The van der Waals surface area contributed by atoms with E-state index in [0.29, 0.717) is 17.9 Å². The van der Waals surface area contributed by atoms with Crippen molar-refractivity contribution in [3.63, 3.8) is 0 Å². The quantitative estimate of drug-likeness (QED) is 0.191. The van der Waals surface area contributed by atoms with E-state index in [2.05, 4.69) is 15.5 Å². The zero-order valence-electron chi connectivity index (χ0n) is 19.2. The Labute approximate surface area is 220 Å². The molecule has 2 aliphatic heterocycles. The molecule has 1 saturated heterocycles. The maximum atomic E-state index is 13.8. The van der Waals surface area contributed by atoms with Gasteiger partial charge in [0.2, 0.25) is 6.41 Å². The molecule has 11 heteroatoms. The molecule has 5 rings (SSSR count). The summed E-state index contributed by atoms with van der Waals surface area (Å²) in [4.78, 5) is 39.2. The highest BCUT2D eigenvalue weighted by Crippen LogP contribution is 2.42. The first-order valence-corrected chi connectivity index (χ1v) is 14.0. The zero-order valence-corrected chi connectivity index (χ0v) is 21.6. The van der Waals surface area contributed by atoms with Crippen molar-refractivity contribution < 1.29 is 19.1 Å². The molecule has 3 heterocycles. The minimum Gasteiger partial charge on any atom is -0.448 e. The Morgan fingerprint density at radius 3 is 2.42 bits per heavy atom. The lowest BCUT2D eigenvalue weighted by Gasteiger charge is -2.49. The number of carbonyl (C=O) groups is 3. The third kappa shape index (κ3) is 4.91. The summed E-state index contributed by atoms with van der Waals surface area (Å²) in [6.45, 7) is 1.89. The van der Waals surface area contributed by atoms with E-state index in [1.165, 1.54) is 39.8 Å². The van der Waals surface area contributed by atoms with Crippen LogP contribution < -0.4 is 5.32 Å². The van der Waals surface area contributed by atoms with Gasteiger partial charge in [-0.25, -0.2) is 4.79 Å². The van der Waals surface area contributed by atoms with Gasteiger partial charge in [-0.1, -0.05) is 83.8 Å². The fourth-order valence-corrected chi connectivity index (χ4v) is 7.42. The smallest absolute Gasteiger partial charge is 0.356 e. The van der Waals surface area contributed by atoms with Gasteiger partial charge in [-0.2, -0.15) is 0 Å². The number of nitrogens with zero attached hydrogens (tertiary/aromatic N) is 3. The number of rotatable bonds is 9. The van der Waals surface area contributed by atoms with Gasteiger partial charge in [-0.05, 0) is 23.6 Å². The van der Waals surface area contributed by atoms with E-state index in [0.717, 1.165) is 26.0 Å². The van der Waals surface area contributed by atoms with Crippen LogP contribution in [0.4, 0.5) is 0 Å². The lowest BCUT2D eigenvalue weighted by Crippen LogP contribution is -2.69. The number of ether oxygens (including phenoxy) is 1. The van der Waals surface area contributed by atoms with E-state index in [1.54, 1.807) is 0 Å². The van der Waals surface area contributed by atoms with Crippen LogP contribution in [0.25, 0.3) is 0 Å². The lowest BCUT2D eigenvalue weighted by atomic mass is 10.0. The third-order valence-corrected chi connectivity index (χ3v) is 9.19. The number of thioether (sulfide) groups is 2. The van der Waals surface area contributed by atoms with Crippen LogP contribution in [-0.4, -0.2) is 56.3 Å². The topological polar surface area (TPSA) is 101 Å². The maximum Gasteiger partial charge on any atom is 0.356 e. The minimum absolute atomic E-state index is 0.248. The van der Waals surface area contributed by atoms with Gasteiger partial charge in [0, 0.05) is 11.5 Å². The van der Waals surface area contributed by atoms with Crippen LogP contribution in [0.15, 0.2) is 76.3 Å². The summed E-state index contributed by atoms with van der Waals surface area (Å²) in [5, 5.41) is 11.3. The van der Waals surface area contributed by atoms with Crippen molar-refractivity contribution in [1.29, 1.82) is 0 Å². The van der Waals surface area contributed by atoms with E-state index in [-0.39, 0.29) is 17.0 Å². The standard InChI is InChI=1S/C25H22N4O4S3/c1-15-27-28-25(36-15)35-13-18-12-34-23-19(26-14-30)22(31)29(23)20(18)24(32)33-21(16-8-4-2-5-9-16)17-10-6-3-7-11-17/h2-11,14,19,21,23H,12-13H2,1H3,(H,26,30)/t19-,23-/m1/s1. The second-order valence-corrected chi connectivity index (χ2v) is 11.6. The number of nitrogens with one attached hydrogen (secondary N) is 1. The average molecular weight is 539 g/mol. The molecule has 2 atom stereocenters. The molecule has 1 N–H and O–H groups in total. The lowest BCUT2D eigenvalue weighted by molar-refractivity contribution is -0.154. The van der Waals surface area contributed by atoms with Crippen molar-refractivity contribution in [2.45, 2.75) is 28.8 Å². The predicted molar refractivity (Wildman–Crippen MR) is 139 cm³/mol. The van der Waals surface area contributed by atoms with Crippen LogP contribution in [0, 0.1) is 6.92 Å². The van der Waals surface area contributed by atoms with Crippen LogP contribution in [0.5, 0.6) is 0 Å². The molecular weight excluding hydrogens is 517 g/mol. The van der Waals surface area contributed by atoms with Crippen molar-refractivity contribution in [1.82, 2.24) is 20.4 Å². The van der Waals surface area contributed by atoms with Gasteiger partial charge < -0.3 is 10.1 Å². The molecule has 1 aromatic heterocycles. The number of esters is 1. The molecule has 0 radical (unpaired) electrons. The molecule has 2 amide bonds. The number of hydrogen-bond acceptors (Lipinski definition) is 9. The van der Waals surface area contributed by atoms with Crippen LogP contribution in [-0.2, 0) is 19.1 Å². The number of carbonyl (C=O) groups excluding carboxylic acids is 3. The van der Waals surface area contributed by atoms with Gasteiger partial charge in [0.25, 0.3) is 5.91 Å². The highest BCUT2D eigenvalue weighted by Gasteiger charge is 2.54. The first-order valence-electron chi connectivity index (χ1n) is 11.2. The Morgan fingerprint density at radius 2 is 1.83 bits per heavy atom. The number of hydrogen-bond donors (Lipinski definition) is 1. The number of aryl methyl sites for hydroxylation is 1. The molecule has 0 unspecified atom stereocenters. The van der Waals surface area contributed by atoms with Gasteiger partial charge >= 0.3 is 5.97 Å². The monoisotopic (exact) mass is 538 g/mol. The van der Waals surface area contributed by atoms with Crippen LogP contribution >= 0.6 is 34.9 Å². The third-order valence-electron chi connectivity index (χ3n) is 5.80. The normalized spacial score (nSPS) is 19.1. The Bertz CT molecular complexity index is 1260. The van der Waals surface area contributed by atoms with Gasteiger partial charge in [0.1, 0.15) is 22.1 Å². The molecule has 1 fully saturated rings. The Kier molecular flexibility index (Phi) is 7.40. The number of amides is 2. The Morgan fingerprint density at radius 1 is 1.17 bits per heavy atom. The summed E-state index contributed by atoms with van der Waals surface area (Å²) in [5.41, 5.74) is 2.69. The molecule has 0 aliphatic carbocycles. The fraction of sp³-hybridized carbons (Fsp3) is 0.240. The summed E-state index contributed by atoms with van der Waals surface area (Å²) in [6, 6.07) is 18.4.